The van der Waals surface area contributed by atoms with E-state index in [2.05, 4.69) is 15.0 Å². The molecule has 0 aliphatic heterocycles. The van der Waals surface area contributed by atoms with Gasteiger partial charge in [-0.2, -0.15) is 8.78 Å². The molecule has 2 heterocycles. The fourth-order valence-electron chi connectivity index (χ4n) is 3.77. The van der Waals surface area contributed by atoms with Crippen LogP contribution in [0.2, 0.25) is 0 Å². The Morgan fingerprint density at radius 3 is 2.47 bits per heavy atom. The fraction of sp³-hybridized carbons (Fsp3) is 0.0769. The molecule has 5 aromatic rings. The Balaban J connectivity index is 1.54. The van der Waals surface area contributed by atoms with E-state index >= 15 is 0 Å². The molecule has 1 atom stereocenters. The van der Waals surface area contributed by atoms with Crippen LogP contribution in [-0.4, -0.2) is 21.7 Å². The number of anilines is 1. The number of phenols is 1. The van der Waals surface area contributed by atoms with Gasteiger partial charge in [0.15, 0.2) is 5.13 Å². The number of pyridine rings is 1. The number of aromatic nitrogens is 2. The Hall–Kier alpha value is -4.04. The number of benzene rings is 3. The molecule has 3 aromatic carbocycles. The molecule has 0 aliphatic rings. The lowest BCUT2D eigenvalue weighted by Gasteiger charge is -2.21. The van der Waals surface area contributed by atoms with E-state index in [0.717, 1.165) is 22.2 Å². The van der Waals surface area contributed by atoms with Crippen molar-refractivity contribution < 1.29 is 18.6 Å². The predicted octanol–water partition coefficient (Wildman–Crippen LogP) is 6.87. The summed E-state index contributed by atoms with van der Waals surface area (Å²) in [4.78, 5) is 9.03. The number of thiazole rings is 1. The maximum Gasteiger partial charge on any atom is 0.387 e. The first-order valence-corrected chi connectivity index (χ1v) is 11.4. The number of alkyl halides is 2. The van der Waals surface area contributed by atoms with Gasteiger partial charge in [0, 0.05) is 28.1 Å². The molecule has 170 valence electrons. The van der Waals surface area contributed by atoms with Gasteiger partial charge in [0.05, 0.1) is 11.7 Å². The zero-order valence-electron chi connectivity index (χ0n) is 17.7. The van der Waals surface area contributed by atoms with Crippen LogP contribution in [0.4, 0.5) is 13.9 Å². The number of nitrogens with zero attached hydrogens (tertiary/aromatic N) is 2. The molecule has 0 spiro atoms. The summed E-state index contributed by atoms with van der Waals surface area (Å²) in [6.07, 6.45) is 1.62. The number of nitrogens with one attached hydrogen (secondary N) is 1. The molecule has 0 bridgehead atoms. The number of aromatic hydroxyl groups is 1. The van der Waals surface area contributed by atoms with Gasteiger partial charge in [0.1, 0.15) is 17.0 Å². The van der Waals surface area contributed by atoms with Crippen molar-refractivity contribution in [1.29, 1.82) is 0 Å². The molecule has 2 N–H and O–H groups in total. The van der Waals surface area contributed by atoms with Gasteiger partial charge in [-0.05, 0) is 23.8 Å². The normalized spacial score (nSPS) is 12.1. The predicted molar refractivity (Wildman–Crippen MR) is 129 cm³/mol. The van der Waals surface area contributed by atoms with Crippen molar-refractivity contribution in [2.24, 2.45) is 0 Å². The Morgan fingerprint density at radius 1 is 0.912 bits per heavy atom. The van der Waals surface area contributed by atoms with Crippen molar-refractivity contribution in [1.82, 2.24) is 9.97 Å². The standard InChI is InChI=1S/C26H19F2N3O2S/c27-25(28)33-19-11-8-18(9-12-19)22(20-13-10-17-7-4-14-29-23(17)24(20)32)31-26-30-21(15-34-26)16-5-2-1-3-6-16/h1-15,22,25,32H,(H,30,31). The molecule has 0 radical (unpaired) electrons. The molecule has 8 heteroatoms. The lowest BCUT2D eigenvalue weighted by Crippen LogP contribution is -2.13. The Bertz CT molecular complexity index is 1410. The van der Waals surface area contributed by atoms with Gasteiger partial charge in [-0.15, -0.1) is 11.3 Å². The zero-order chi connectivity index (χ0) is 23.5. The van der Waals surface area contributed by atoms with Crippen LogP contribution < -0.4 is 10.1 Å². The summed E-state index contributed by atoms with van der Waals surface area (Å²) in [7, 11) is 0. The highest BCUT2D eigenvalue weighted by Crippen LogP contribution is 2.38. The summed E-state index contributed by atoms with van der Waals surface area (Å²) < 4.78 is 29.7. The zero-order valence-corrected chi connectivity index (χ0v) is 18.5. The van der Waals surface area contributed by atoms with Crippen molar-refractivity contribution in [3.05, 3.63) is 102 Å². The Labute approximate surface area is 198 Å². The first-order chi connectivity index (χ1) is 16.6. The Morgan fingerprint density at radius 2 is 1.71 bits per heavy atom. The van der Waals surface area contributed by atoms with Crippen LogP contribution in [0.15, 0.2) is 90.4 Å². The minimum Gasteiger partial charge on any atom is -0.505 e. The maximum absolute atomic E-state index is 12.6. The number of ether oxygens (including phenoxy) is 1. The quantitative estimate of drug-likeness (QED) is 0.269. The van der Waals surface area contributed by atoms with E-state index in [9.17, 15) is 13.9 Å². The van der Waals surface area contributed by atoms with E-state index in [-0.39, 0.29) is 11.5 Å². The van der Waals surface area contributed by atoms with E-state index in [1.165, 1.54) is 23.5 Å². The molecule has 5 nitrogen and oxygen atoms in total. The van der Waals surface area contributed by atoms with E-state index < -0.39 is 12.7 Å². The van der Waals surface area contributed by atoms with Crippen molar-refractivity contribution >= 4 is 27.4 Å². The highest BCUT2D eigenvalue weighted by atomic mass is 32.1. The van der Waals surface area contributed by atoms with Gasteiger partial charge in [-0.25, -0.2) is 4.98 Å². The van der Waals surface area contributed by atoms with Gasteiger partial charge in [0.2, 0.25) is 0 Å². The van der Waals surface area contributed by atoms with Crippen molar-refractivity contribution in [3.63, 3.8) is 0 Å². The van der Waals surface area contributed by atoms with E-state index in [4.69, 9.17) is 4.98 Å². The topological polar surface area (TPSA) is 67.3 Å². The lowest BCUT2D eigenvalue weighted by molar-refractivity contribution is -0.0498. The molecular formula is C26H19F2N3O2S. The fourth-order valence-corrected chi connectivity index (χ4v) is 4.51. The highest BCUT2D eigenvalue weighted by molar-refractivity contribution is 7.14. The van der Waals surface area contributed by atoms with Gasteiger partial charge in [-0.1, -0.05) is 60.7 Å². The average Bonchev–Trinajstić information content (AvgIpc) is 3.33. The summed E-state index contributed by atoms with van der Waals surface area (Å²) in [6, 6.07) is 23.0. The second-order valence-corrected chi connectivity index (χ2v) is 8.37. The monoisotopic (exact) mass is 475 g/mol. The largest absolute Gasteiger partial charge is 0.505 e. The maximum atomic E-state index is 12.6. The Kier molecular flexibility index (Phi) is 6.05. The smallest absolute Gasteiger partial charge is 0.387 e. The number of hydrogen-bond donors (Lipinski definition) is 2. The minimum atomic E-state index is -2.90. The number of phenolic OH excluding ortho intramolecular Hbond substituents is 1. The molecule has 2 aromatic heterocycles. The van der Waals surface area contributed by atoms with E-state index in [1.54, 1.807) is 24.4 Å². The molecular weight excluding hydrogens is 456 g/mol. The van der Waals surface area contributed by atoms with Crippen LogP contribution in [0.1, 0.15) is 17.2 Å². The molecule has 0 saturated heterocycles. The van der Waals surface area contributed by atoms with Gasteiger partial charge >= 0.3 is 6.61 Å². The number of halogens is 2. The summed E-state index contributed by atoms with van der Waals surface area (Å²) >= 11 is 1.44. The lowest BCUT2D eigenvalue weighted by atomic mass is 9.96. The third-order valence-corrected chi connectivity index (χ3v) is 6.14. The van der Waals surface area contributed by atoms with Crippen LogP contribution in [0.25, 0.3) is 22.2 Å². The first-order valence-electron chi connectivity index (χ1n) is 10.5. The highest BCUT2D eigenvalue weighted by Gasteiger charge is 2.21. The second kappa shape index (κ2) is 9.44. The molecule has 0 fully saturated rings. The first kappa shape index (κ1) is 21.8. The summed E-state index contributed by atoms with van der Waals surface area (Å²) in [5.74, 6) is 0.103. The van der Waals surface area contributed by atoms with E-state index in [0.29, 0.717) is 16.2 Å². The molecule has 0 amide bonds. The average molecular weight is 476 g/mol. The summed E-state index contributed by atoms with van der Waals surface area (Å²) in [5.41, 5.74) is 3.63. The molecule has 0 saturated carbocycles. The van der Waals surface area contributed by atoms with Crippen LogP contribution in [-0.2, 0) is 0 Å². The van der Waals surface area contributed by atoms with Gasteiger partial charge < -0.3 is 15.2 Å². The second-order valence-electron chi connectivity index (χ2n) is 7.51. The van der Waals surface area contributed by atoms with Crippen LogP contribution in [0.3, 0.4) is 0 Å². The summed E-state index contributed by atoms with van der Waals surface area (Å²) in [6.45, 7) is -2.90. The SMILES string of the molecule is Oc1c(C(Nc2nc(-c3ccccc3)cs2)c2ccc(OC(F)F)cc2)ccc2cccnc12. The van der Waals surface area contributed by atoms with Crippen LogP contribution >= 0.6 is 11.3 Å². The number of hydrogen-bond acceptors (Lipinski definition) is 6. The third-order valence-electron chi connectivity index (χ3n) is 5.37. The van der Waals surface area contributed by atoms with Gasteiger partial charge in [-0.3, -0.25) is 4.98 Å². The number of rotatable bonds is 7. The van der Waals surface area contributed by atoms with Crippen molar-refractivity contribution in [2.75, 3.05) is 5.32 Å². The van der Waals surface area contributed by atoms with Gasteiger partial charge in [0.25, 0.3) is 0 Å². The molecule has 5 rings (SSSR count). The van der Waals surface area contributed by atoms with Crippen molar-refractivity contribution in [3.8, 4) is 22.8 Å². The molecule has 34 heavy (non-hydrogen) atoms. The minimum absolute atomic E-state index is 0.0448. The van der Waals surface area contributed by atoms with Crippen LogP contribution in [0.5, 0.6) is 11.5 Å². The molecule has 1 unspecified atom stereocenters. The van der Waals surface area contributed by atoms with E-state index in [1.807, 2.05) is 53.9 Å². The third kappa shape index (κ3) is 4.53. The summed E-state index contributed by atoms with van der Waals surface area (Å²) in [5, 5.41) is 17.9. The molecule has 0 aliphatic carbocycles. The number of fused-ring (bicyclic) bond motifs is 1. The van der Waals surface area contributed by atoms with Crippen molar-refractivity contribution in [2.45, 2.75) is 12.7 Å². The van der Waals surface area contributed by atoms with Crippen LogP contribution in [0, 0.1) is 0 Å².